The van der Waals surface area contributed by atoms with E-state index in [9.17, 15) is 4.79 Å². The van der Waals surface area contributed by atoms with Crippen molar-refractivity contribution in [1.82, 2.24) is 0 Å². The first-order valence-corrected chi connectivity index (χ1v) is 7.23. The third-order valence-corrected chi connectivity index (χ3v) is 4.26. The molecule has 0 heterocycles. The van der Waals surface area contributed by atoms with E-state index in [1.165, 1.54) is 12.8 Å². The van der Waals surface area contributed by atoms with Gasteiger partial charge in [-0.2, -0.15) is 0 Å². The van der Waals surface area contributed by atoms with Crippen LogP contribution in [0, 0.1) is 5.92 Å². The summed E-state index contributed by atoms with van der Waals surface area (Å²) in [4.78, 5) is 13.2. The van der Waals surface area contributed by atoms with Crippen LogP contribution in [0.4, 0.5) is 5.69 Å². The lowest BCUT2D eigenvalue weighted by atomic mass is 9.98. The minimum absolute atomic E-state index is 0.0583. The van der Waals surface area contributed by atoms with E-state index in [-0.39, 0.29) is 6.54 Å². The van der Waals surface area contributed by atoms with Crippen LogP contribution in [0.3, 0.4) is 0 Å². The monoisotopic (exact) mass is 281 g/mol. The van der Waals surface area contributed by atoms with Crippen LogP contribution in [-0.2, 0) is 4.79 Å². The van der Waals surface area contributed by atoms with Crippen LogP contribution in [-0.4, -0.2) is 23.7 Å². The number of nitrogens with zero attached hydrogens (tertiary/aromatic N) is 1. The lowest BCUT2D eigenvalue weighted by molar-refractivity contribution is -0.135. The molecule has 4 heteroatoms. The normalized spacial score (nSPS) is 22.4. The average Bonchev–Trinajstić information content (AvgIpc) is 2.85. The number of halogens is 1. The lowest BCUT2D eigenvalue weighted by Crippen LogP contribution is -2.41. The zero-order valence-corrected chi connectivity index (χ0v) is 11.9. The van der Waals surface area contributed by atoms with Crippen LogP contribution in [0.15, 0.2) is 24.3 Å². The minimum Gasteiger partial charge on any atom is -0.480 e. The third kappa shape index (κ3) is 3.41. The molecule has 3 nitrogen and oxygen atoms in total. The van der Waals surface area contributed by atoms with Crippen LogP contribution in [0.25, 0.3) is 0 Å². The Balaban J connectivity index is 2.24. The summed E-state index contributed by atoms with van der Waals surface area (Å²) in [5, 5.41) is 9.83. The number of anilines is 1. The summed E-state index contributed by atoms with van der Waals surface area (Å²) in [5.41, 5.74) is 0.956. The van der Waals surface area contributed by atoms with Crippen LogP contribution < -0.4 is 4.90 Å². The van der Waals surface area contributed by atoms with Crippen LogP contribution in [0.1, 0.15) is 32.6 Å². The number of carboxylic acids is 1. The fourth-order valence-electron chi connectivity index (χ4n) is 3.08. The number of rotatable bonds is 5. The van der Waals surface area contributed by atoms with E-state index < -0.39 is 5.97 Å². The van der Waals surface area contributed by atoms with Crippen molar-refractivity contribution < 1.29 is 9.90 Å². The molecule has 0 aliphatic heterocycles. The second-order valence-corrected chi connectivity index (χ2v) is 5.60. The van der Waals surface area contributed by atoms with Gasteiger partial charge in [-0.15, -0.1) is 0 Å². The highest BCUT2D eigenvalue weighted by Crippen LogP contribution is 2.35. The highest BCUT2D eigenvalue weighted by molar-refractivity contribution is 6.30. The molecule has 2 atom stereocenters. The average molecular weight is 282 g/mol. The van der Waals surface area contributed by atoms with Crippen molar-refractivity contribution in [3.8, 4) is 0 Å². The molecule has 1 saturated carbocycles. The molecule has 1 aromatic rings. The van der Waals surface area contributed by atoms with Gasteiger partial charge in [-0.05, 0) is 43.0 Å². The van der Waals surface area contributed by atoms with Gasteiger partial charge in [0.25, 0.3) is 0 Å². The summed E-state index contributed by atoms with van der Waals surface area (Å²) >= 11 is 5.90. The number of aliphatic carboxylic acids is 1. The van der Waals surface area contributed by atoms with Gasteiger partial charge in [0.2, 0.25) is 0 Å². The van der Waals surface area contributed by atoms with E-state index >= 15 is 0 Å². The fourth-order valence-corrected chi connectivity index (χ4v) is 3.21. The second-order valence-electron chi connectivity index (χ2n) is 5.16. The number of carboxylic acid groups (broad SMARTS) is 1. The molecule has 2 rings (SSSR count). The first kappa shape index (κ1) is 14.2. The Bertz CT molecular complexity index is 432. The van der Waals surface area contributed by atoms with E-state index in [0.29, 0.717) is 17.0 Å². The van der Waals surface area contributed by atoms with E-state index in [4.69, 9.17) is 16.7 Å². The standard InChI is InChI=1S/C15H20ClNO2/c1-2-11-4-3-5-14(11)17(10-15(18)19)13-8-6-12(16)7-9-13/h6-9,11,14H,2-5,10H2,1H3,(H,18,19). The second kappa shape index (κ2) is 6.29. The molecular formula is C15H20ClNO2. The molecule has 1 aliphatic carbocycles. The molecule has 2 unspecified atom stereocenters. The SMILES string of the molecule is CCC1CCCC1N(CC(=O)O)c1ccc(Cl)cc1. The molecular weight excluding hydrogens is 262 g/mol. The van der Waals surface area contributed by atoms with Crippen LogP contribution in [0.2, 0.25) is 5.02 Å². The molecule has 1 aromatic carbocycles. The zero-order chi connectivity index (χ0) is 13.8. The van der Waals surface area contributed by atoms with Crippen LogP contribution >= 0.6 is 11.6 Å². The molecule has 0 aromatic heterocycles. The van der Waals surface area contributed by atoms with Crippen molar-refractivity contribution in [3.05, 3.63) is 29.3 Å². The van der Waals surface area contributed by atoms with Gasteiger partial charge in [0.05, 0.1) is 0 Å². The quantitative estimate of drug-likeness (QED) is 0.892. The summed E-state index contributed by atoms with van der Waals surface area (Å²) in [6.07, 6.45) is 4.57. The topological polar surface area (TPSA) is 40.5 Å². The molecule has 0 radical (unpaired) electrons. The first-order chi connectivity index (χ1) is 9.11. The number of carbonyl (C=O) groups is 1. The molecule has 0 bridgehead atoms. The summed E-state index contributed by atoms with van der Waals surface area (Å²) in [6.45, 7) is 2.24. The molecule has 1 fully saturated rings. The van der Waals surface area contributed by atoms with Gasteiger partial charge in [-0.3, -0.25) is 4.79 Å². The Morgan fingerprint density at radius 1 is 1.37 bits per heavy atom. The summed E-state index contributed by atoms with van der Waals surface area (Å²) in [5.74, 6) is -0.188. The number of benzene rings is 1. The van der Waals surface area contributed by atoms with Gasteiger partial charge in [0.1, 0.15) is 6.54 Å². The van der Waals surface area contributed by atoms with Gasteiger partial charge in [-0.25, -0.2) is 0 Å². The minimum atomic E-state index is -0.781. The largest absolute Gasteiger partial charge is 0.480 e. The Kier molecular flexibility index (Phi) is 4.70. The van der Waals surface area contributed by atoms with Crippen molar-refractivity contribution in [2.24, 2.45) is 5.92 Å². The highest BCUT2D eigenvalue weighted by atomic mass is 35.5. The van der Waals surface area contributed by atoms with Gasteiger partial charge in [-0.1, -0.05) is 31.4 Å². The number of hydrogen-bond donors (Lipinski definition) is 1. The van der Waals surface area contributed by atoms with Crippen molar-refractivity contribution in [3.63, 3.8) is 0 Å². The third-order valence-electron chi connectivity index (χ3n) is 4.01. The molecule has 0 saturated heterocycles. The van der Waals surface area contributed by atoms with Crippen molar-refractivity contribution in [1.29, 1.82) is 0 Å². The molecule has 1 N–H and O–H groups in total. The smallest absolute Gasteiger partial charge is 0.323 e. The summed E-state index contributed by atoms with van der Waals surface area (Å²) in [7, 11) is 0. The fraction of sp³-hybridized carbons (Fsp3) is 0.533. The molecule has 104 valence electrons. The maximum absolute atomic E-state index is 11.1. The van der Waals surface area contributed by atoms with E-state index in [0.717, 1.165) is 18.5 Å². The molecule has 19 heavy (non-hydrogen) atoms. The van der Waals surface area contributed by atoms with Crippen molar-refractivity contribution in [2.45, 2.75) is 38.6 Å². The van der Waals surface area contributed by atoms with E-state index in [1.807, 2.05) is 29.2 Å². The maximum Gasteiger partial charge on any atom is 0.323 e. The zero-order valence-electron chi connectivity index (χ0n) is 11.2. The molecule has 1 aliphatic rings. The van der Waals surface area contributed by atoms with Gasteiger partial charge in [0, 0.05) is 16.8 Å². The van der Waals surface area contributed by atoms with Gasteiger partial charge < -0.3 is 10.0 Å². The highest BCUT2D eigenvalue weighted by Gasteiger charge is 2.32. The van der Waals surface area contributed by atoms with E-state index in [2.05, 4.69) is 6.92 Å². The number of hydrogen-bond acceptors (Lipinski definition) is 2. The Labute approximate surface area is 119 Å². The van der Waals surface area contributed by atoms with Crippen LogP contribution in [0.5, 0.6) is 0 Å². The molecule has 0 spiro atoms. The summed E-state index contributed by atoms with van der Waals surface area (Å²) in [6, 6.07) is 7.80. The Hall–Kier alpha value is -1.22. The predicted molar refractivity (Wildman–Crippen MR) is 77.9 cm³/mol. The Morgan fingerprint density at radius 2 is 2.05 bits per heavy atom. The van der Waals surface area contributed by atoms with Gasteiger partial charge in [0.15, 0.2) is 0 Å². The van der Waals surface area contributed by atoms with Crippen molar-refractivity contribution in [2.75, 3.05) is 11.4 Å². The predicted octanol–water partition coefficient (Wildman–Crippen LogP) is 3.81. The maximum atomic E-state index is 11.1. The lowest BCUT2D eigenvalue weighted by Gasteiger charge is -2.33. The first-order valence-electron chi connectivity index (χ1n) is 6.85. The summed E-state index contributed by atoms with van der Waals surface area (Å²) < 4.78 is 0. The Morgan fingerprint density at radius 3 is 2.63 bits per heavy atom. The molecule has 0 amide bonds. The van der Waals surface area contributed by atoms with Crippen molar-refractivity contribution >= 4 is 23.3 Å². The van der Waals surface area contributed by atoms with E-state index in [1.54, 1.807) is 0 Å². The van der Waals surface area contributed by atoms with Gasteiger partial charge >= 0.3 is 5.97 Å².